The minimum atomic E-state index is -0.243. The van der Waals surface area contributed by atoms with Gasteiger partial charge in [-0.15, -0.1) is 0 Å². The molecule has 2 saturated heterocycles. The third kappa shape index (κ3) is 5.14. The molecular formula is C25H32N4O2. The van der Waals surface area contributed by atoms with Crippen LogP contribution in [0.25, 0.3) is 0 Å². The maximum atomic E-state index is 13.1. The summed E-state index contributed by atoms with van der Waals surface area (Å²) in [6.07, 6.45) is 3.11. The van der Waals surface area contributed by atoms with E-state index >= 15 is 0 Å². The van der Waals surface area contributed by atoms with E-state index in [1.54, 1.807) is 0 Å². The third-order valence-corrected chi connectivity index (χ3v) is 6.48. The zero-order valence-electron chi connectivity index (χ0n) is 18.1. The van der Waals surface area contributed by atoms with Gasteiger partial charge in [0.1, 0.15) is 6.04 Å². The molecule has 2 aromatic rings. The number of benzene rings is 2. The molecule has 164 valence electrons. The van der Waals surface area contributed by atoms with Crippen LogP contribution in [0.2, 0.25) is 0 Å². The molecule has 0 aliphatic carbocycles. The fourth-order valence-electron chi connectivity index (χ4n) is 4.64. The molecule has 0 saturated carbocycles. The highest BCUT2D eigenvalue weighted by molar-refractivity contribution is 5.84. The van der Waals surface area contributed by atoms with E-state index in [0.29, 0.717) is 13.1 Å². The molecule has 0 aromatic heterocycles. The van der Waals surface area contributed by atoms with Crippen molar-refractivity contribution in [2.45, 2.75) is 56.7 Å². The maximum Gasteiger partial charge on any atom is 0.238 e. The molecule has 2 heterocycles. The number of carbonyl (C=O) groups is 2. The van der Waals surface area contributed by atoms with Gasteiger partial charge in [-0.25, -0.2) is 10.9 Å². The van der Waals surface area contributed by atoms with E-state index in [-0.39, 0.29) is 35.9 Å². The minimum absolute atomic E-state index is 0.0337. The lowest BCUT2D eigenvalue weighted by atomic mass is 9.93. The molecule has 2 fully saturated rings. The SMILES string of the molecule is CCC(C(=O)N1CCC(NC(=O)C2CC(c3ccccc3)NN2)CC1)c1ccccc1. The number of amides is 2. The van der Waals surface area contributed by atoms with Crippen LogP contribution in [0.4, 0.5) is 0 Å². The second kappa shape index (κ2) is 10.1. The van der Waals surface area contributed by atoms with Gasteiger partial charge in [-0.05, 0) is 36.8 Å². The van der Waals surface area contributed by atoms with E-state index in [9.17, 15) is 9.59 Å². The van der Waals surface area contributed by atoms with Gasteiger partial charge in [0.25, 0.3) is 0 Å². The Labute approximate surface area is 184 Å². The van der Waals surface area contributed by atoms with Gasteiger partial charge in [0.15, 0.2) is 0 Å². The van der Waals surface area contributed by atoms with Crippen molar-refractivity contribution in [3.05, 3.63) is 71.8 Å². The van der Waals surface area contributed by atoms with Gasteiger partial charge >= 0.3 is 0 Å². The number of hydrogen-bond acceptors (Lipinski definition) is 4. The maximum absolute atomic E-state index is 13.1. The highest BCUT2D eigenvalue weighted by atomic mass is 16.2. The molecule has 6 nitrogen and oxygen atoms in total. The van der Waals surface area contributed by atoms with E-state index in [2.05, 4.69) is 35.2 Å². The van der Waals surface area contributed by atoms with Crippen LogP contribution in [0.3, 0.4) is 0 Å². The lowest BCUT2D eigenvalue weighted by molar-refractivity contribution is -0.134. The summed E-state index contributed by atoms with van der Waals surface area (Å²) < 4.78 is 0. The van der Waals surface area contributed by atoms with Crippen molar-refractivity contribution < 1.29 is 9.59 Å². The van der Waals surface area contributed by atoms with Crippen molar-refractivity contribution in [2.75, 3.05) is 13.1 Å². The second-order valence-corrected chi connectivity index (χ2v) is 8.52. The number of likely N-dealkylation sites (tertiary alicyclic amines) is 1. The highest BCUT2D eigenvalue weighted by Crippen LogP contribution is 2.25. The quantitative estimate of drug-likeness (QED) is 0.672. The van der Waals surface area contributed by atoms with Gasteiger partial charge in [-0.3, -0.25) is 9.59 Å². The number of piperidine rings is 1. The van der Waals surface area contributed by atoms with Crippen LogP contribution in [0, 0.1) is 0 Å². The second-order valence-electron chi connectivity index (χ2n) is 8.52. The summed E-state index contributed by atoms with van der Waals surface area (Å²) in [6.45, 7) is 3.44. The Morgan fingerprint density at radius 1 is 1.00 bits per heavy atom. The number of nitrogens with zero attached hydrogens (tertiary/aromatic N) is 1. The normalized spacial score (nSPS) is 22.8. The van der Waals surface area contributed by atoms with Crippen molar-refractivity contribution in [1.29, 1.82) is 0 Å². The zero-order valence-corrected chi connectivity index (χ0v) is 18.1. The first kappa shape index (κ1) is 21.5. The highest BCUT2D eigenvalue weighted by Gasteiger charge is 2.33. The van der Waals surface area contributed by atoms with Crippen LogP contribution in [-0.4, -0.2) is 41.9 Å². The Hall–Kier alpha value is -2.70. The topological polar surface area (TPSA) is 73.5 Å². The molecule has 3 unspecified atom stereocenters. The molecule has 6 heteroatoms. The first-order valence-corrected chi connectivity index (χ1v) is 11.4. The van der Waals surface area contributed by atoms with E-state index in [1.807, 2.05) is 53.4 Å². The van der Waals surface area contributed by atoms with Gasteiger partial charge < -0.3 is 10.2 Å². The molecule has 2 aromatic carbocycles. The van der Waals surface area contributed by atoms with Crippen LogP contribution in [0.1, 0.15) is 55.7 Å². The van der Waals surface area contributed by atoms with Gasteiger partial charge in [-0.2, -0.15) is 0 Å². The predicted octanol–water partition coefficient (Wildman–Crippen LogP) is 2.90. The zero-order chi connectivity index (χ0) is 21.6. The van der Waals surface area contributed by atoms with E-state index in [4.69, 9.17) is 0 Å². The molecule has 2 aliphatic heterocycles. The fourth-order valence-corrected chi connectivity index (χ4v) is 4.64. The Morgan fingerprint density at radius 3 is 2.29 bits per heavy atom. The molecule has 0 spiro atoms. The first-order chi connectivity index (χ1) is 15.2. The summed E-state index contributed by atoms with van der Waals surface area (Å²) in [5, 5.41) is 3.19. The summed E-state index contributed by atoms with van der Waals surface area (Å²) in [6, 6.07) is 20.2. The summed E-state index contributed by atoms with van der Waals surface area (Å²) in [5.41, 5.74) is 8.63. The Morgan fingerprint density at radius 2 is 1.65 bits per heavy atom. The van der Waals surface area contributed by atoms with E-state index in [0.717, 1.165) is 31.2 Å². The molecule has 4 rings (SSSR count). The molecule has 2 amide bonds. The standard InChI is InChI=1S/C25H32N4O2/c1-2-21(18-9-5-3-6-10-18)25(31)29-15-13-20(14-16-29)26-24(30)23-17-22(27-28-23)19-11-7-4-8-12-19/h3-12,20-23,27-28H,2,13-17H2,1H3,(H,26,30). The molecule has 2 aliphatic rings. The number of carbonyl (C=O) groups excluding carboxylic acids is 2. The third-order valence-electron chi connectivity index (χ3n) is 6.48. The van der Waals surface area contributed by atoms with Gasteiger partial charge in [0.05, 0.1) is 5.92 Å². The van der Waals surface area contributed by atoms with Crippen LogP contribution < -0.4 is 16.2 Å². The summed E-state index contributed by atoms with van der Waals surface area (Å²) in [4.78, 5) is 27.8. The average molecular weight is 421 g/mol. The smallest absolute Gasteiger partial charge is 0.238 e. The van der Waals surface area contributed by atoms with Crippen LogP contribution in [-0.2, 0) is 9.59 Å². The largest absolute Gasteiger partial charge is 0.352 e. The lowest BCUT2D eigenvalue weighted by Gasteiger charge is -2.35. The summed E-state index contributed by atoms with van der Waals surface area (Å²) >= 11 is 0. The van der Waals surface area contributed by atoms with E-state index in [1.165, 1.54) is 5.56 Å². The van der Waals surface area contributed by atoms with Gasteiger partial charge in [0, 0.05) is 25.2 Å². The number of nitrogens with one attached hydrogen (secondary N) is 3. The molecular weight excluding hydrogens is 388 g/mol. The molecule has 31 heavy (non-hydrogen) atoms. The van der Waals surface area contributed by atoms with Crippen LogP contribution in [0.15, 0.2) is 60.7 Å². The number of rotatable bonds is 6. The number of hydrazine groups is 1. The Kier molecular flexibility index (Phi) is 6.99. The van der Waals surface area contributed by atoms with Crippen LogP contribution >= 0.6 is 0 Å². The molecule has 0 radical (unpaired) electrons. The van der Waals surface area contributed by atoms with Crippen LogP contribution in [0.5, 0.6) is 0 Å². The molecule has 0 bridgehead atoms. The Balaban J connectivity index is 1.25. The van der Waals surface area contributed by atoms with E-state index < -0.39 is 0 Å². The fraction of sp³-hybridized carbons (Fsp3) is 0.440. The molecule has 3 atom stereocenters. The number of hydrogen-bond donors (Lipinski definition) is 3. The summed E-state index contributed by atoms with van der Waals surface area (Å²) in [5.74, 6) is 0.147. The lowest BCUT2D eigenvalue weighted by Crippen LogP contribution is -2.51. The molecule has 3 N–H and O–H groups in total. The summed E-state index contributed by atoms with van der Waals surface area (Å²) in [7, 11) is 0. The van der Waals surface area contributed by atoms with Crippen molar-refractivity contribution in [1.82, 2.24) is 21.1 Å². The van der Waals surface area contributed by atoms with Crippen molar-refractivity contribution in [3.63, 3.8) is 0 Å². The first-order valence-electron chi connectivity index (χ1n) is 11.4. The van der Waals surface area contributed by atoms with Crippen molar-refractivity contribution >= 4 is 11.8 Å². The average Bonchev–Trinajstić information content (AvgIpc) is 3.32. The Bertz CT molecular complexity index is 866. The van der Waals surface area contributed by atoms with Gasteiger partial charge in [0.2, 0.25) is 11.8 Å². The minimum Gasteiger partial charge on any atom is -0.352 e. The monoisotopic (exact) mass is 420 g/mol. The predicted molar refractivity (Wildman–Crippen MR) is 121 cm³/mol. The van der Waals surface area contributed by atoms with Crippen molar-refractivity contribution in [2.24, 2.45) is 0 Å². The van der Waals surface area contributed by atoms with Gasteiger partial charge in [-0.1, -0.05) is 67.6 Å². The van der Waals surface area contributed by atoms with Crippen molar-refractivity contribution in [3.8, 4) is 0 Å².